The van der Waals surface area contributed by atoms with Crippen LogP contribution in [0.3, 0.4) is 0 Å². The van der Waals surface area contributed by atoms with Gasteiger partial charge in [0, 0.05) is 11.9 Å². The van der Waals surface area contributed by atoms with Crippen molar-refractivity contribution in [3.63, 3.8) is 0 Å². The number of halogens is 1. The third-order valence-electron chi connectivity index (χ3n) is 2.64. The molecule has 0 aliphatic heterocycles. The summed E-state index contributed by atoms with van der Waals surface area (Å²) in [5.74, 6) is -0.214. The first-order chi connectivity index (χ1) is 9.45. The maximum absolute atomic E-state index is 11.9. The molecule has 2 rings (SSSR count). The predicted octanol–water partition coefficient (Wildman–Crippen LogP) is 3.49. The van der Waals surface area contributed by atoms with Crippen molar-refractivity contribution in [2.24, 2.45) is 0 Å². The zero-order chi connectivity index (χ0) is 14.7. The molecule has 20 heavy (non-hydrogen) atoms. The summed E-state index contributed by atoms with van der Waals surface area (Å²) in [6, 6.07) is 7.09. The highest BCUT2D eigenvalue weighted by Crippen LogP contribution is 2.23. The Balaban J connectivity index is 2.03. The van der Waals surface area contributed by atoms with E-state index in [1.165, 1.54) is 18.3 Å². The van der Waals surface area contributed by atoms with E-state index in [1.807, 2.05) is 0 Å². The fourth-order valence-corrected chi connectivity index (χ4v) is 2.73. The third kappa shape index (κ3) is 3.65. The molecule has 0 aliphatic carbocycles. The number of benzene rings is 1. The van der Waals surface area contributed by atoms with E-state index >= 15 is 0 Å². The Morgan fingerprint density at radius 1 is 1.30 bits per heavy atom. The number of aryl methyl sites for hydroxylation is 1. The summed E-state index contributed by atoms with van der Waals surface area (Å²) in [5.41, 5.74) is 1.51. The van der Waals surface area contributed by atoms with Crippen LogP contribution in [0.25, 0.3) is 0 Å². The van der Waals surface area contributed by atoms with E-state index in [1.54, 1.807) is 31.2 Å². The smallest absolute Gasteiger partial charge is 0.230 e. The van der Waals surface area contributed by atoms with Crippen LogP contribution in [-0.2, 0) is 11.2 Å². The zero-order valence-electron chi connectivity index (χ0n) is 11.1. The molecule has 0 aliphatic rings. The average Bonchev–Trinajstić information content (AvgIpc) is 2.73. The van der Waals surface area contributed by atoms with Crippen molar-refractivity contribution < 1.29 is 9.59 Å². The van der Waals surface area contributed by atoms with Crippen LogP contribution in [0.15, 0.2) is 24.3 Å². The highest BCUT2D eigenvalue weighted by molar-refractivity contribution is 7.17. The highest BCUT2D eigenvalue weighted by atomic mass is 35.5. The molecule has 1 aromatic heterocycles. The number of hydrogen-bond acceptors (Lipinski definition) is 4. The topological polar surface area (TPSA) is 59.1 Å². The Morgan fingerprint density at radius 2 is 1.95 bits per heavy atom. The minimum absolute atomic E-state index is 0.0433. The molecule has 4 nitrogen and oxygen atoms in total. The maximum Gasteiger partial charge on any atom is 0.230 e. The van der Waals surface area contributed by atoms with Crippen molar-refractivity contribution in [2.45, 2.75) is 20.3 Å². The van der Waals surface area contributed by atoms with Crippen molar-refractivity contribution in [3.05, 3.63) is 45.4 Å². The van der Waals surface area contributed by atoms with Crippen molar-refractivity contribution in [1.82, 2.24) is 4.98 Å². The summed E-state index contributed by atoms with van der Waals surface area (Å²) in [4.78, 5) is 28.0. The monoisotopic (exact) mass is 308 g/mol. The first-order valence-electron chi connectivity index (χ1n) is 5.98. The molecule has 0 saturated carbocycles. The van der Waals surface area contributed by atoms with Crippen LogP contribution in [0, 0.1) is 6.92 Å². The van der Waals surface area contributed by atoms with Gasteiger partial charge in [-0.25, -0.2) is 4.98 Å². The molecular weight excluding hydrogens is 296 g/mol. The second-order valence-corrected chi connectivity index (χ2v) is 5.78. The number of anilines is 1. The van der Waals surface area contributed by atoms with E-state index < -0.39 is 0 Å². The molecule has 0 unspecified atom stereocenters. The molecule has 1 amide bonds. The van der Waals surface area contributed by atoms with Crippen LogP contribution in [-0.4, -0.2) is 16.7 Å². The van der Waals surface area contributed by atoms with Crippen molar-refractivity contribution in [3.8, 4) is 0 Å². The normalized spacial score (nSPS) is 10.3. The Bertz CT molecular complexity index is 650. The van der Waals surface area contributed by atoms with E-state index in [0.717, 1.165) is 5.56 Å². The molecule has 1 heterocycles. The Hall–Kier alpha value is -1.72. The Labute approximate surface area is 125 Å². The van der Waals surface area contributed by atoms with Gasteiger partial charge in [-0.15, -0.1) is 0 Å². The summed E-state index contributed by atoms with van der Waals surface area (Å²) in [6.07, 6.45) is 0.241. The minimum Gasteiger partial charge on any atom is -0.302 e. The second kappa shape index (κ2) is 6.15. The molecule has 0 fully saturated rings. The van der Waals surface area contributed by atoms with Gasteiger partial charge in [0.05, 0.1) is 17.0 Å². The van der Waals surface area contributed by atoms with Crippen LogP contribution < -0.4 is 5.32 Å². The number of aromatic nitrogens is 1. The van der Waals surface area contributed by atoms with Crippen LogP contribution in [0.2, 0.25) is 5.02 Å². The zero-order valence-corrected chi connectivity index (χ0v) is 12.6. The van der Waals surface area contributed by atoms with Gasteiger partial charge in [0.15, 0.2) is 10.9 Å². The van der Waals surface area contributed by atoms with Crippen molar-refractivity contribution >= 4 is 39.8 Å². The van der Waals surface area contributed by atoms with Gasteiger partial charge in [0.25, 0.3) is 0 Å². The van der Waals surface area contributed by atoms with E-state index in [2.05, 4.69) is 10.3 Å². The van der Waals surface area contributed by atoms with Crippen LogP contribution in [0.1, 0.15) is 27.9 Å². The van der Waals surface area contributed by atoms with E-state index in [4.69, 9.17) is 11.6 Å². The number of carbonyl (C=O) groups excluding carboxylic acids is 2. The summed E-state index contributed by atoms with van der Waals surface area (Å²) < 4.78 is 0. The van der Waals surface area contributed by atoms with Crippen LogP contribution >= 0.6 is 22.9 Å². The SMILES string of the molecule is CC(=O)c1sc(NC(=O)Cc2ccc(Cl)cc2)nc1C. The number of nitrogens with one attached hydrogen (secondary N) is 1. The quantitative estimate of drug-likeness (QED) is 0.880. The van der Waals surface area contributed by atoms with Gasteiger partial charge in [-0.05, 0) is 24.6 Å². The fraction of sp³-hybridized carbons (Fsp3) is 0.214. The number of rotatable bonds is 4. The van der Waals surface area contributed by atoms with Gasteiger partial charge in [0.2, 0.25) is 5.91 Å². The van der Waals surface area contributed by atoms with E-state index in [9.17, 15) is 9.59 Å². The molecule has 2 aromatic rings. The molecule has 1 N–H and O–H groups in total. The molecular formula is C14H13ClN2O2S. The van der Waals surface area contributed by atoms with Crippen molar-refractivity contribution in [2.75, 3.05) is 5.32 Å². The molecule has 0 spiro atoms. The van der Waals surface area contributed by atoms with Gasteiger partial charge in [-0.1, -0.05) is 35.1 Å². The lowest BCUT2D eigenvalue weighted by Crippen LogP contribution is -2.14. The lowest BCUT2D eigenvalue weighted by molar-refractivity contribution is -0.115. The van der Waals surface area contributed by atoms with Crippen LogP contribution in [0.5, 0.6) is 0 Å². The van der Waals surface area contributed by atoms with Gasteiger partial charge in [0.1, 0.15) is 0 Å². The first kappa shape index (κ1) is 14.7. The predicted molar refractivity (Wildman–Crippen MR) is 80.6 cm³/mol. The minimum atomic E-state index is -0.170. The largest absolute Gasteiger partial charge is 0.302 e. The molecule has 6 heteroatoms. The lowest BCUT2D eigenvalue weighted by atomic mass is 10.1. The number of Topliss-reactive ketones (excluding diaryl/α,β-unsaturated/α-hetero) is 1. The van der Waals surface area contributed by atoms with E-state index in [0.29, 0.717) is 20.7 Å². The van der Waals surface area contributed by atoms with Gasteiger partial charge < -0.3 is 5.32 Å². The highest BCUT2D eigenvalue weighted by Gasteiger charge is 2.13. The van der Waals surface area contributed by atoms with Gasteiger partial charge in [-0.3, -0.25) is 9.59 Å². The standard InChI is InChI=1S/C14H13ClN2O2S/c1-8-13(9(2)18)20-14(16-8)17-12(19)7-10-3-5-11(15)6-4-10/h3-6H,7H2,1-2H3,(H,16,17,19). The first-order valence-corrected chi connectivity index (χ1v) is 7.18. The number of carbonyl (C=O) groups is 2. The summed E-state index contributed by atoms with van der Waals surface area (Å²) in [6.45, 7) is 3.24. The number of thiazole rings is 1. The molecule has 0 saturated heterocycles. The van der Waals surface area contributed by atoms with E-state index in [-0.39, 0.29) is 18.1 Å². The molecule has 104 valence electrons. The lowest BCUT2D eigenvalue weighted by Gasteiger charge is -2.02. The molecule has 0 atom stereocenters. The number of ketones is 1. The third-order valence-corrected chi connectivity index (χ3v) is 4.07. The molecule has 0 bridgehead atoms. The Kier molecular flexibility index (Phi) is 4.52. The number of nitrogens with zero attached hydrogens (tertiary/aromatic N) is 1. The molecule has 0 radical (unpaired) electrons. The summed E-state index contributed by atoms with van der Waals surface area (Å²) in [5, 5.41) is 3.79. The van der Waals surface area contributed by atoms with Gasteiger partial charge >= 0.3 is 0 Å². The van der Waals surface area contributed by atoms with Crippen LogP contribution in [0.4, 0.5) is 5.13 Å². The summed E-state index contributed by atoms with van der Waals surface area (Å²) in [7, 11) is 0. The summed E-state index contributed by atoms with van der Waals surface area (Å²) >= 11 is 6.98. The second-order valence-electron chi connectivity index (χ2n) is 4.34. The number of hydrogen-bond donors (Lipinski definition) is 1. The van der Waals surface area contributed by atoms with Gasteiger partial charge in [-0.2, -0.15) is 0 Å². The average molecular weight is 309 g/mol. The Morgan fingerprint density at radius 3 is 2.50 bits per heavy atom. The molecule has 1 aromatic carbocycles. The van der Waals surface area contributed by atoms with Crippen molar-refractivity contribution in [1.29, 1.82) is 0 Å². The number of amides is 1. The fourth-order valence-electron chi connectivity index (χ4n) is 1.73. The maximum atomic E-state index is 11.9.